The van der Waals surface area contributed by atoms with Gasteiger partial charge in [-0.2, -0.15) is 5.26 Å². The van der Waals surface area contributed by atoms with Gasteiger partial charge in [-0.3, -0.25) is 0 Å². The molecule has 19 heavy (non-hydrogen) atoms. The summed E-state index contributed by atoms with van der Waals surface area (Å²) >= 11 is 0. The van der Waals surface area contributed by atoms with Gasteiger partial charge in [0.05, 0.1) is 35.8 Å². The first-order valence-electron chi connectivity index (χ1n) is 5.54. The second-order valence-electron chi connectivity index (χ2n) is 3.88. The third kappa shape index (κ3) is 2.75. The van der Waals surface area contributed by atoms with Gasteiger partial charge in [0.2, 0.25) is 0 Å². The molecule has 2 rings (SSSR count). The standard InChI is InChI=1S/C14H12FN3O/c1-19-14-6-9(8-16)2-4-13(14)18-12-5-3-10(15)7-11(12)17/h2-7,18H,17H2,1H3. The van der Waals surface area contributed by atoms with Crippen molar-refractivity contribution in [3.05, 3.63) is 47.8 Å². The van der Waals surface area contributed by atoms with E-state index in [1.54, 1.807) is 24.3 Å². The maximum Gasteiger partial charge on any atom is 0.143 e. The number of anilines is 3. The molecule has 0 fully saturated rings. The Morgan fingerprint density at radius 2 is 1.95 bits per heavy atom. The van der Waals surface area contributed by atoms with Crippen molar-refractivity contribution >= 4 is 17.1 Å². The van der Waals surface area contributed by atoms with Crippen molar-refractivity contribution in [2.24, 2.45) is 0 Å². The zero-order chi connectivity index (χ0) is 13.8. The SMILES string of the molecule is COc1cc(C#N)ccc1Nc1ccc(F)cc1N. The molecular formula is C14H12FN3O. The number of nitrogens with zero attached hydrogens (tertiary/aromatic N) is 1. The fourth-order valence-corrected chi connectivity index (χ4v) is 1.66. The summed E-state index contributed by atoms with van der Waals surface area (Å²) in [7, 11) is 1.51. The highest BCUT2D eigenvalue weighted by Crippen LogP contribution is 2.31. The molecule has 3 N–H and O–H groups in total. The molecule has 0 atom stereocenters. The largest absolute Gasteiger partial charge is 0.495 e. The quantitative estimate of drug-likeness (QED) is 0.829. The molecule has 0 amide bonds. The van der Waals surface area contributed by atoms with Gasteiger partial charge >= 0.3 is 0 Å². The molecular weight excluding hydrogens is 245 g/mol. The summed E-state index contributed by atoms with van der Waals surface area (Å²) in [6.07, 6.45) is 0. The predicted molar refractivity (Wildman–Crippen MR) is 71.8 cm³/mol. The van der Waals surface area contributed by atoms with Crippen LogP contribution in [0, 0.1) is 17.1 Å². The van der Waals surface area contributed by atoms with Gasteiger partial charge in [-0.1, -0.05) is 0 Å². The Morgan fingerprint density at radius 1 is 1.21 bits per heavy atom. The van der Waals surface area contributed by atoms with Crippen molar-refractivity contribution in [3.63, 3.8) is 0 Å². The molecule has 0 aliphatic carbocycles. The summed E-state index contributed by atoms with van der Waals surface area (Å²) in [4.78, 5) is 0. The number of halogens is 1. The first kappa shape index (κ1) is 12.7. The minimum absolute atomic E-state index is 0.298. The van der Waals surface area contributed by atoms with Gasteiger partial charge < -0.3 is 15.8 Å². The lowest BCUT2D eigenvalue weighted by atomic mass is 10.2. The number of nitrogen functional groups attached to an aromatic ring is 1. The highest BCUT2D eigenvalue weighted by atomic mass is 19.1. The Labute approximate surface area is 110 Å². The second-order valence-corrected chi connectivity index (χ2v) is 3.88. The minimum Gasteiger partial charge on any atom is -0.495 e. The average Bonchev–Trinajstić information content (AvgIpc) is 2.42. The van der Waals surface area contributed by atoms with E-state index in [1.165, 1.54) is 19.2 Å². The van der Waals surface area contributed by atoms with Crippen LogP contribution in [0.4, 0.5) is 21.5 Å². The van der Waals surface area contributed by atoms with E-state index in [0.29, 0.717) is 28.4 Å². The van der Waals surface area contributed by atoms with E-state index < -0.39 is 5.82 Å². The van der Waals surface area contributed by atoms with Crippen LogP contribution in [0.1, 0.15) is 5.56 Å². The number of ether oxygens (including phenoxy) is 1. The molecule has 0 aliphatic heterocycles. The molecule has 0 unspecified atom stereocenters. The second kappa shape index (κ2) is 5.27. The third-order valence-corrected chi connectivity index (χ3v) is 2.61. The van der Waals surface area contributed by atoms with Crippen LogP contribution in [-0.2, 0) is 0 Å². The number of methoxy groups -OCH3 is 1. The molecule has 5 heteroatoms. The Bertz CT molecular complexity index is 650. The van der Waals surface area contributed by atoms with Crippen LogP contribution >= 0.6 is 0 Å². The average molecular weight is 257 g/mol. The van der Waals surface area contributed by atoms with Crippen molar-refractivity contribution in [3.8, 4) is 11.8 Å². The van der Waals surface area contributed by atoms with Crippen molar-refractivity contribution in [1.82, 2.24) is 0 Å². The van der Waals surface area contributed by atoms with E-state index in [4.69, 9.17) is 15.7 Å². The summed E-state index contributed by atoms with van der Waals surface area (Å²) in [5, 5.41) is 11.9. The first-order valence-corrected chi connectivity index (χ1v) is 5.54. The molecule has 4 nitrogen and oxygen atoms in total. The van der Waals surface area contributed by atoms with Crippen LogP contribution in [0.3, 0.4) is 0 Å². The lowest BCUT2D eigenvalue weighted by molar-refractivity contribution is 0.416. The van der Waals surface area contributed by atoms with Crippen LogP contribution in [0.2, 0.25) is 0 Å². The third-order valence-electron chi connectivity index (χ3n) is 2.61. The van der Waals surface area contributed by atoms with Crippen LogP contribution in [-0.4, -0.2) is 7.11 Å². The van der Waals surface area contributed by atoms with Gasteiger partial charge in [0.1, 0.15) is 11.6 Å². The molecule has 0 heterocycles. The molecule has 96 valence electrons. The topological polar surface area (TPSA) is 71.1 Å². The molecule has 0 saturated heterocycles. The van der Waals surface area contributed by atoms with Gasteiger partial charge in [0.15, 0.2) is 0 Å². The summed E-state index contributed by atoms with van der Waals surface area (Å²) in [5.41, 5.74) is 7.74. The number of benzene rings is 2. The molecule has 0 aromatic heterocycles. The molecule has 2 aromatic rings. The van der Waals surface area contributed by atoms with Gasteiger partial charge in [0.25, 0.3) is 0 Å². The molecule has 0 bridgehead atoms. The number of hydrogen-bond acceptors (Lipinski definition) is 4. The molecule has 2 aromatic carbocycles. The zero-order valence-corrected chi connectivity index (χ0v) is 10.3. The number of nitrogens with two attached hydrogens (primary N) is 1. The Morgan fingerprint density at radius 3 is 2.58 bits per heavy atom. The summed E-state index contributed by atoms with van der Waals surface area (Å²) in [6.45, 7) is 0. The zero-order valence-electron chi connectivity index (χ0n) is 10.3. The van der Waals surface area contributed by atoms with Crippen LogP contribution in [0.25, 0.3) is 0 Å². The highest BCUT2D eigenvalue weighted by Gasteiger charge is 2.07. The fourth-order valence-electron chi connectivity index (χ4n) is 1.66. The summed E-state index contributed by atoms with van der Waals surface area (Å²) < 4.78 is 18.2. The van der Waals surface area contributed by atoms with E-state index in [1.807, 2.05) is 6.07 Å². The number of nitrogens with one attached hydrogen (secondary N) is 1. The van der Waals surface area contributed by atoms with Crippen molar-refractivity contribution < 1.29 is 9.13 Å². The van der Waals surface area contributed by atoms with Gasteiger partial charge in [-0.05, 0) is 30.3 Å². The normalized spacial score (nSPS) is 9.74. The summed E-state index contributed by atoms with van der Waals surface area (Å²) in [5.74, 6) is 0.123. The van der Waals surface area contributed by atoms with Crippen molar-refractivity contribution in [1.29, 1.82) is 5.26 Å². The highest BCUT2D eigenvalue weighted by molar-refractivity contribution is 5.75. The number of nitriles is 1. The Hall–Kier alpha value is -2.74. The number of hydrogen-bond donors (Lipinski definition) is 2. The first-order chi connectivity index (χ1) is 9.13. The Kier molecular flexibility index (Phi) is 3.53. The molecule has 0 radical (unpaired) electrons. The van der Waals surface area contributed by atoms with Crippen LogP contribution in [0.15, 0.2) is 36.4 Å². The lowest BCUT2D eigenvalue weighted by Crippen LogP contribution is -1.99. The molecule has 0 aliphatic rings. The van der Waals surface area contributed by atoms with Crippen LogP contribution in [0.5, 0.6) is 5.75 Å². The monoisotopic (exact) mass is 257 g/mol. The Balaban J connectivity index is 2.35. The maximum absolute atomic E-state index is 13.0. The van der Waals surface area contributed by atoms with Crippen molar-refractivity contribution in [2.45, 2.75) is 0 Å². The number of rotatable bonds is 3. The van der Waals surface area contributed by atoms with Gasteiger partial charge in [0, 0.05) is 6.07 Å². The van der Waals surface area contributed by atoms with E-state index in [0.717, 1.165) is 0 Å². The van der Waals surface area contributed by atoms with E-state index in [2.05, 4.69) is 5.32 Å². The molecule has 0 saturated carbocycles. The predicted octanol–water partition coefficient (Wildman–Crippen LogP) is 3.03. The molecule has 0 spiro atoms. The fraction of sp³-hybridized carbons (Fsp3) is 0.0714. The van der Waals surface area contributed by atoms with Gasteiger partial charge in [-0.15, -0.1) is 0 Å². The van der Waals surface area contributed by atoms with E-state index in [-0.39, 0.29) is 0 Å². The van der Waals surface area contributed by atoms with Gasteiger partial charge in [-0.25, -0.2) is 4.39 Å². The maximum atomic E-state index is 13.0. The summed E-state index contributed by atoms with van der Waals surface area (Å²) in [6, 6.07) is 11.1. The minimum atomic E-state index is -0.394. The lowest BCUT2D eigenvalue weighted by Gasteiger charge is -2.13. The smallest absolute Gasteiger partial charge is 0.143 e. The van der Waals surface area contributed by atoms with E-state index >= 15 is 0 Å². The van der Waals surface area contributed by atoms with E-state index in [9.17, 15) is 4.39 Å². The van der Waals surface area contributed by atoms with Crippen molar-refractivity contribution in [2.75, 3.05) is 18.2 Å². The van der Waals surface area contributed by atoms with Crippen LogP contribution < -0.4 is 15.8 Å².